The molecule has 0 radical (unpaired) electrons. The second-order valence-electron chi connectivity index (χ2n) is 3.83. The molecule has 0 amide bonds. The molecule has 2 nitrogen and oxygen atoms in total. The van der Waals surface area contributed by atoms with Crippen molar-refractivity contribution in [3.63, 3.8) is 0 Å². The molecule has 0 rings (SSSR count). The van der Waals surface area contributed by atoms with Crippen LogP contribution in [-0.4, -0.2) is 0 Å². The standard InChI is InChI=1S/C12H26.H4N2/c1-3-5-7-9-11-12-10-8-6-4-2;1-2/h3-12H2,1-2H3;1-2H2. The predicted molar refractivity (Wildman–Crippen MR) is 65.9 cm³/mol. The summed E-state index contributed by atoms with van der Waals surface area (Å²) in [6, 6.07) is 0. The van der Waals surface area contributed by atoms with Crippen LogP contribution in [0.1, 0.15) is 78.1 Å². The molecule has 4 N–H and O–H groups in total. The maximum atomic E-state index is 4.00. The molecule has 0 saturated carbocycles. The van der Waals surface area contributed by atoms with Gasteiger partial charge in [0, 0.05) is 0 Å². The molecule has 88 valence electrons. The van der Waals surface area contributed by atoms with Crippen LogP contribution < -0.4 is 11.7 Å². The highest BCUT2D eigenvalue weighted by Gasteiger charge is 1.90. The van der Waals surface area contributed by atoms with Crippen LogP contribution in [0.5, 0.6) is 0 Å². The van der Waals surface area contributed by atoms with Gasteiger partial charge in [-0.05, 0) is 0 Å². The summed E-state index contributed by atoms with van der Waals surface area (Å²) in [5.41, 5.74) is 0. The molecule has 0 aliphatic carbocycles. The van der Waals surface area contributed by atoms with E-state index in [4.69, 9.17) is 0 Å². The van der Waals surface area contributed by atoms with Crippen LogP contribution in [0, 0.1) is 0 Å². The lowest BCUT2D eigenvalue weighted by molar-refractivity contribution is 0.562. The molecule has 0 heterocycles. The number of hydrogen-bond acceptors (Lipinski definition) is 2. The minimum Gasteiger partial charge on any atom is -0.274 e. The Morgan fingerprint density at radius 3 is 0.929 bits per heavy atom. The first-order chi connectivity index (χ1) is 6.91. The van der Waals surface area contributed by atoms with E-state index in [1.165, 1.54) is 64.2 Å². The van der Waals surface area contributed by atoms with E-state index in [0.29, 0.717) is 0 Å². The van der Waals surface area contributed by atoms with E-state index < -0.39 is 0 Å². The third-order valence-electron chi connectivity index (χ3n) is 2.46. The van der Waals surface area contributed by atoms with Crippen molar-refractivity contribution in [3.05, 3.63) is 0 Å². The molecule has 0 fully saturated rings. The Bertz CT molecular complexity index is 64.7. The van der Waals surface area contributed by atoms with Crippen LogP contribution in [0.3, 0.4) is 0 Å². The van der Waals surface area contributed by atoms with Crippen LogP contribution >= 0.6 is 0 Å². The quantitative estimate of drug-likeness (QED) is 0.340. The average Bonchev–Trinajstić information content (AvgIpc) is 2.25. The number of unbranched alkanes of at least 4 members (excludes halogenated alkanes) is 9. The summed E-state index contributed by atoms with van der Waals surface area (Å²) in [5.74, 6) is 8.00. The fraction of sp³-hybridized carbons (Fsp3) is 1.00. The van der Waals surface area contributed by atoms with Gasteiger partial charge in [-0.1, -0.05) is 78.1 Å². The molecule has 0 spiro atoms. The van der Waals surface area contributed by atoms with Crippen LogP contribution in [0.15, 0.2) is 0 Å². The van der Waals surface area contributed by atoms with Gasteiger partial charge in [-0.3, -0.25) is 11.7 Å². The zero-order valence-corrected chi connectivity index (χ0v) is 10.2. The van der Waals surface area contributed by atoms with E-state index >= 15 is 0 Å². The zero-order valence-electron chi connectivity index (χ0n) is 10.2. The summed E-state index contributed by atoms with van der Waals surface area (Å²) in [6.07, 6.45) is 14.4. The number of hydrazine groups is 1. The maximum Gasteiger partial charge on any atom is -0.0533 e. The van der Waals surface area contributed by atoms with Crippen molar-refractivity contribution in [3.8, 4) is 0 Å². The summed E-state index contributed by atoms with van der Waals surface area (Å²) in [7, 11) is 0. The van der Waals surface area contributed by atoms with Crippen molar-refractivity contribution in [2.24, 2.45) is 11.7 Å². The SMILES string of the molecule is CCCCCCCCCCCC.NN. The normalized spacial score (nSPS) is 9.43. The molecule has 0 unspecified atom stereocenters. The molecule has 0 bridgehead atoms. The van der Waals surface area contributed by atoms with Crippen molar-refractivity contribution in [2.75, 3.05) is 0 Å². The molecule has 0 aliphatic heterocycles. The largest absolute Gasteiger partial charge is 0.274 e. The van der Waals surface area contributed by atoms with Crippen LogP contribution in [0.2, 0.25) is 0 Å². The first-order valence-corrected chi connectivity index (χ1v) is 6.25. The minimum atomic E-state index is 1.37. The Morgan fingerprint density at radius 1 is 0.500 bits per heavy atom. The topological polar surface area (TPSA) is 52.0 Å². The number of rotatable bonds is 9. The van der Waals surface area contributed by atoms with Crippen molar-refractivity contribution in [2.45, 2.75) is 78.1 Å². The summed E-state index contributed by atoms with van der Waals surface area (Å²) in [4.78, 5) is 0. The molecule has 0 saturated heterocycles. The van der Waals surface area contributed by atoms with Gasteiger partial charge >= 0.3 is 0 Å². The smallest absolute Gasteiger partial charge is 0.0533 e. The first-order valence-electron chi connectivity index (χ1n) is 6.25. The first kappa shape index (κ1) is 16.4. The number of nitrogens with two attached hydrogens (primary N) is 2. The fourth-order valence-corrected chi connectivity index (χ4v) is 1.56. The minimum absolute atomic E-state index is 1.37. The van der Waals surface area contributed by atoms with E-state index in [1.54, 1.807) is 0 Å². The number of hydrogen-bond donors (Lipinski definition) is 2. The average molecular weight is 202 g/mol. The van der Waals surface area contributed by atoms with E-state index in [0.717, 1.165) is 0 Å². The van der Waals surface area contributed by atoms with Crippen molar-refractivity contribution >= 4 is 0 Å². The monoisotopic (exact) mass is 202 g/mol. The van der Waals surface area contributed by atoms with E-state index in [9.17, 15) is 0 Å². The highest BCUT2D eigenvalue weighted by atomic mass is 15.0. The van der Waals surface area contributed by atoms with Gasteiger partial charge < -0.3 is 0 Å². The van der Waals surface area contributed by atoms with Crippen molar-refractivity contribution in [1.29, 1.82) is 0 Å². The molecule has 0 aromatic carbocycles. The van der Waals surface area contributed by atoms with E-state index in [2.05, 4.69) is 25.5 Å². The van der Waals surface area contributed by atoms with Gasteiger partial charge in [0.05, 0.1) is 0 Å². The van der Waals surface area contributed by atoms with E-state index in [1.807, 2.05) is 0 Å². The maximum absolute atomic E-state index is 4.00. The lowest BCUT2D eigenvalue weighted by atomic mass is 10.1. The van der Waals surface area contributed by atoms with Gasteiger partial charge in [-0.2, -0.15) is 0 Å². The summed E-state index contributed by atoms with van der Waals surface area (Å²) in [5, 5.41) is 0. The zero-order chi connectivity index (χ0) is 11.1. The molecule has 14 heavy (non-hydrogen) atoms. The van der Waals surface area contributed by atoms with Gasteiger partial charge in [0.2, 0.25) is 0 Å². The lowest BCUT2D eigenvalue weighted by Gasteiger charge is -1.99. The third-order valence-corrected chi connectivity index (χ3v) is 2.46. The Hall–Kier alpha value is -0.0800. The molecule has 2 heteroatoms. The highest BCUT2D eigenvalue weighted by molar-refractivity contribution is 4.45. The summed E-state index contributed by atoms with van der Waals surface area (Å²) < 4.78 is 0. The second kappa shape index (κ2) is 18.7. The lowest BCUT2D eigenvalue weighted by Crippen LogP contribution is -2.02. The molecule has 0 aliphatic rings. The van der Waals surface area contributed by atoms with Gasteiger partial charge in [0.15, 0.2) is 0 Å². The molecule has 0 atom stereocenters. The van der Waals surface area contributed by atoms with Gasteiger partial charge in [0.1, 0.15) is 0 Å². The Morgan fingerprint density at radius 2 is 0.714 bits per heavy atom. The second-order valence-corrected chi connectivity index (χ2v) is 3.83. The molecule has 0 aromatic heterocycles. The van der Waals surface area contributed by atoms with Gasteiger partial charge in [-0.25, -0.2) is 0 Å². The van der Waals surface area contributed by atoms with E-state index in [-0.39, 0.29) is 0 Å². The highest BCUT2D eigenvalue weighted by Crippen LogP contribution is 2.09. The Labute approximate surface area is 90.4 Å². The van der Waals surface area contributed by atoms with Gasteiger partial charge in [0.25, 0.3) is 0 Å². The van der Waals surface area contributed by atoms with Crippen LogP contribution in [0.4, 0.5) is 0 Å². The summed E-state index contributed by atoms with van der Waals surface area (Å²) >= 11 is 0. The van der Waals surface area contributed by atoms with Crippen molar-refractivity contribution < 1.29 is 0 Å². The summed E-state index contributed by atoms with van der Waals surface area (Å²) in [6.45, 7) is 4.56. The Balaban J connectivity index is 0. The Kier molecular flexibility index (Phi) is 21.8. The van der Waals surface area contributed by atoms with Gasteiger partial charge in [-0.15, -0.1) is 0 Å². The van der Waals surface area contributed by atoms with Crippen molar-refractivity contribution in [1.82, 2.24) is 0 Å². The van der Waals surface area contributed by atoms with Crippen LogP contribution in [-0.2, 0) is 0 Å². The third kappa shape index (κ3) is 17.9. The molecular weight excluding hydrogens is 172 g/mol. The predicted octanol–water partition coefficient (Wildman–Crippen LogP) is 3.75. The van der Waals surface area contributed by atoms with Crippen LogP contribution in [0.25, 0.3) is 0 Å². The molecule has 0 aromatic rings. The fourth-order valence-electron chi connectivity index (χ4n) is 1.56. The molecular formula is C12H30N2.